The van der Waals surface area contributed by atoms with Crippen molar-refractivity contribution in [1.29, 1.82) is 0 Å². The number of amides is 2. The molecule has 0 N–H and O–H groups in total. The number of nitrogens with zero attached hydrogens (tertiary/aromatic N) is 2. The van der Waals surface area contributed by atoms with Crippen molar-refractivity contribution in [1.82, 2.24) is 9.80 Å². The van der Waals surface area contributed by atoms with E-state index in [0.29, 0.717) is 39.2 Å². The molecule has 0 spiro atoms. The summed E-state index contributed by atoms with van der Waals surface area (Å²) in [5.74, 6) is 0.734. The van der Waals surface area contributed by atoms with Crippen molar-refractivity contribution in [2.75, 3.05) is 32.8 Å². The van der Waals surface area contributed by atoms with E-state index < -0.39 is 6.10 Å². The largest absolute Gasteiger partial charge is 0.480 e. The van der Waals surface area contributed by atoms with Gasteiger partial charge in [0.25, 0.3) is 5.91 Å². The highest BCUT2D eigenvalue weighted by Gasteiger charge is 2.30. The predicted molar refractivity (Wildman–Crippen MR) is 95.8 cm³/mol. The number of rotatable bonds is 5. The average molecular weight is 348 g/mol. The van der Waals surface area contributed by atoms with Crippen molar-refractivity contribution in [3.63, 3.8) is 0 Å². The van der Waals surface area contributed by atoms with E-state index in [4.69, 9.17) is 9.47 Å². The van der Waals surface area contributed by atoms with E-state index in [-0.39, 0.29) is 12.0 Å². The maximum Gasteiger partial charge on any atom is 0.409 e. The Bertz CT molecular complexity index is 609. The Morgan fingerprint density at radius 1 is 1.08 bits per heavy atom. The summed E-state index contributed by atoms with van der Waals surface area (Å²) in [4.78, 5) is 28.0. The van der Waals surface area contributed by atoms with E-state index in [2.05, 4.69) is 0 Å². The first-order valence-electron chi connectivity index (χ1n) is 8.91. The number of carbonyl (C=O) groups is 2. The third kappa shape index (κ3) is 4.65. The zero-order chi connectivity index (χ0) is 18.4. The van der Waals surface area contributed by atoms with Gasteiger partial charge in [-0.1, -0.05) is 19.1 Å². The number of carbonyl (C=O) groups excluding carboxylic acids is 2. The van der Waals surface area contributed by atoms with Crippen molar-refractivity contribution >= 4 is 12.0 Å². The Kier molecular flexibility index (Phi) is 6.67. The van der Waals surface area contributed by atoms with Gasteiger partial charge in [-0.05, 0) is 44.4 Å². The summed E-state index contributed by atoms with van der Waals surface area (Å²) in [7, 11) is 0. The lowest BCUT2D eigenvalue weighted by molar-refractivity contribution is -0.140. The molecule has 1 fully saturated rings. The van der Waals surface area contributed by atoms with Crippen molar-refractivity contribution in [3.05, 3.63) is 29.3 Å². The van der Waals surface area contributed by atoms with Gasteiger partial charge in [-0.2, -0.15) is 0 Å². The average Bonchev–Trinajstić information content (AvgIpc) is 2.63. The first-order valence-corrected chi connectivity index (χ1v) is 8.91. The summed E-state index contributed by atoms with van der Waals surface area (Å²) in [5, 5.41) is 0. The Morgan fingerprint density at radius 2 is 1.72 bits per heavy atom. The van der Waals surface area contributed by atoms with E-state index in [9.17, 15) is 9.59 Å². The third-order valence-electron chi connectivity index (χ3n) is 4.59. The van der Waals surface area contributed by atoms with Gasteiger partial charge in [-0.15, -0.1) is 0 Å². The van der Waals surface area contributed by atoms with Gasteiger partial charge in [0.15, 0.2) is 6.10 Å². The molecule has 25 heavy (non-hydrogen) atoms. The van der Waals surface area contributed by atoms with Gasteiger partial charge < -0.3 is 19.3 Å². The lowest BCUT2D eigenvalue weighted by atomic mass is 10.1. The first-order chi connectivity index (χ1) is 12.0. The molecule has 1 atom stereocenters. The molecule has 0 radical (unpaired) electrons. The molecular formula is C19H28N2O4. The fourth-order valence-electron chi connectivity index (χ4n) is 2.84. The van der Waals surface area contributed by atoms with E-state index in [0.717, 1.165) is 16.9 Å². The zero-order valence-corrected chi connectivity index (χ0v) is 15.6. The van der Waals surface area contributed by atoms with Crippen molar-refractivity contribution in [2.24, 2.45) is 0 Å². The minimum atomic E-state index is -0.505. The van der Waals surface area contributed by atoms with Crippen LogP contribution >= 0.6 is 0 Å². The Hall–Kier alpha value is -2.24. The van der Waals surface area contributed by atoms with Crippen LogP contribution in [0.5, 0.6) is 5.75 Å². The Balaban J connectivity index is 1.96. The predicted octanol–water partition coefficient (Wildman–Crippen LogP) is 2.76. The van der Waals surface area contributed by atoms with E-state index in [1.165, 1.54) is 0 Å². The number of aryl methyl sites for hydroxylation is 1. The van der Waals surface area contributed by atoms with Crippen LogP contribution in [0.2, 0.25) is 0 Å². The molecule has 138 valence electrons. The molecular weight excluding hydrogens is 320 g/mol. The number of hydrogen-bond donors (Lipinski definition) is 0. The zero-order valence-electron chi connectivity index (χ0n) is 15.6. The summed E-state index contributed by atoms with van der Waals surface area (Å²) < 4.78 is 11.0. The summed E-state index contributed by atoms with van der Waals surface area (Å²) in [6, 6.07) is 5.86. The molecule has 6 heteroatoms. The fraction of sp³-hybridized carbons (Fsp3) is 0.579. The molecule has 6 nitrogen and oxygen atoms in total. The van der Waals surface area contributed by atoms with Crippen LogP contribution in [0.4, 0.5) is 4.79 Å². The number of piperazine rings is 1. The van der Waals surface area contributed by atoms with Crippen LogP contribution in [-0.2, 0) is 9.53 Å². The van der Waals surface area contributed by atoms with Crippen LogP contribution in [0, 0.1) is 13.8 Å². The molecule has 1 aromatic carbocycles. The van der Waals surface area contributed by atoms with Gasteiger partial charge in [0.1, 0.15) is 5.75 Å². The maximum absolute atomic E-state index is 12.8. The first kappa shape index (κ1) is 19.1. The Morgan fingerprint density at radius 3 is 2.32 bits per heavy atom. The second kappa shape index (κ2) is 8.74. The van der Waals surface area contributed by atoms with Gasteiger partial charge in [0.05, 0.1) is 6.61 Å². The molecule has 2 amide bonds. The van der Waals surface area contributed by atoms with Gasteiger partial charge in [0.2, 0.25) is 0 Å². The van der Waals surface area contributed by atoms with Crippen LogP contribution in [0.25, 0.3) is 0 Å². The molecule has 1 aliphatic rings. The standard InChI is InChI=1S/C19H28N2O4/c1-5-16(25-17-9-7-8-14(3)15(17)4)18(22)20-10-12-21(13-11-20)19(23)24-6-2/h7-9,16H,5-6,10-13H2,1-4H3/t16-/m1/s1. The molecule has 0 saturated carbocycles. The highest BCUT2D eigenvalue weighted by molar-refractivity contribution is 5.81. The summed E-state index contributed by atoms with van der Waals surface area (Å²) in [5.41, 5.74) is 2.20. The highest BCUT2D eigenvalue weighted by atomic mass is 16.6. The van der Waals surface area contributed by atoms with Gasteiger partial charge in [0, 0.05) is 26.2 Å². The summed E-state index contributed by atoms with van der Waals surface area (Å²) in [6.45, 7) is 10.1. The number of hydrogen-bond acceptors (Lipinski definition) is 4. The number of benzene rings is 1. The van der Waals surface area contributed by atoms with Gasteiger partial charge in [-0.3, -0.25) is 4.79 Å². The maximum atomic E-state index is 12.8. The van der Waals surface area contributed by atoms with Crippen molar-refractivity contribution < 1.29 is 19.1 Å². The van der Waals surface area contributed by atoms with Crippen LogP contribution in [-0.4, -0.2) is 60.7 Å². The molecule has 1 aromatic rings. The Labute approximate surface area is 149 Å². The third-order valence-corrected chi connectivity index (χ3v) is 4.59. The van der Waals surface area contributed by atoms with Crippen LogP contribution in [0.15, 0.2) is 18.2 Å². The SMILES string of the molecule is CCOC(=O)N1CCN(C(=O)[C@@H](CC)Oc2cccc(C)c2C)CC1. The molecule has 0 bridgehead atoms. The molecule has 0 aromatic heterocycles. The summed E-state index contributed by atoms with van der Waals surface area (Å²) in [6.07, 6.45) is -0.215. The van der Waals surface area contributed by atoms with Crippen LogP contribution < -0.4 is 4.74 Å². The smallest absolute Gasteiger partial charge is 0.409 e. The second-order valence-corrected chi connectivity index (χ2v) is 6.22. The topological polar surface area (TPSA) is 59.1 Å². The molecule has 1 heterocycles. The lowest BCUT2D eigenvalue weighted by Gasteiger charge is -2.35. The van der Waals surface area contributed by atoms with E-state index in [1.807, 2.05) is 39.0 Å². The summed E-state index contributed by atoms with van der Waals surface area (Å²) >= 11 is 0. The number of ether oxygens (including phenoxy) is 2. The van der Waals surface area contributed by atoms with Crippen molar-refractivity contribution in [3.8, 4) is 5.75 Å². The minimum Gasteiger partial charge on any atom is -0.480 e. The van der Waals surface area contributed by atoms with Crippen LogP contribution in [0.3, 0.4) is 0 Å². The molecule has 0 unspecified atom stereocenters. The highest BCUT2D eigenvalue weighted by Crippen LogP contribution is 2.23. The van der Waals surface area contributed by atoms with E-state index >= 15 is 0 Å². The van der Waals surface area contributed by atoms with Gasteiger partial charge in [-0.25, -0.2) is 4.79 Å². The second-order valence-electron chi connectivity index (χ2n) is 6.22. The molecule has 1 aliphatic heterocycles. The molecule has 2 rings (SSSR count). The van der Waals surface area contributed by atoms with Crippen molar-refractivity contribution in [2.45, 2.75) is 40.2 Å². The van der Waals surface area contributed by atoms with Crippen LogP contribution in [0.1, 0.15) is 31.4 Å². The lowest BCUT2D eigenvalue weighted by Crippen LogP contribution is -2.53. The van der Waals surface area contributed by atoms with E-state index in [1.54, 1.807) is 16.7 Å². The quantitative estimate of drug-likeness (QED) is 0.821. The molecule has 1 saturated heterocycles. The van der Waals surface area contributed by atoms with Gasteiger partial charge >= 0.3 is 6.09 Å². The normalized spacial score (nSPS) is 15.7. The molecule has 0 aliphatic carbocycles. The fourth-order valence-corrected chi connectivity index (χ4v) is 2.84. The monoisotopic (exact) mass is 348 g/mol. The minimum absolute atomic E-state index is 0.0214.